The molecule has 1 rings (SSSR count). The Morgan fingerprint density at radius 3 is 2.46 bits per heavy atom. The predicted octanol–water partition coefficient (Wildman–Crippen LogP) is -0.0409. The van der Waals surface area contributed by atoms with Gasteiger partial charge in [-0.15, -0.1) is 0 Å². The van der Waals surface area contributed by atoms with E-state index in [-0.39, 0.29) is 0 Å². The van der Waals surface area contributed by atoms with Crippen molar-refractivity contribution < 1.29 is 0 Å². The SMILES string of the molecule is Cc1c(NN)ncnc1NN(C)C. The van der Waals surface area contributed by atoms with Crippen LogP contribution in [0, 0.1) is 6.92 Å². The topological polar surface area (TPSA) is 79.1 Å². The third kappa shape index (κ3) is 2.27. The Morgan fingerprint density at radius 2 is 1.92 bits per heavy atom. The molecule has 0 spiro atoms. The standard InChI is InChI=1S/C7H14N6/c1-5-6(11-8)9-4-10-7(5)12-13(2)3/h4H,8H2,1-3H3,(H2,9,10,11,12). The van der Waals surface area contributed by atoms with Gasteiger partial charge in [-0.25, -0.2) is 20.8 Å². The lowest BCUT2D eigenvalue weighted by Crippen LogP contribution is -2.22. The molecule has 1 heterocycles. The molecule has 0 atom stereocenters. The van der Waals surface area contributed by atoms with Crippen LogP contribution in [-0.2, 0) is 0 Å². The molecule has 4 N–H and O–H groups in total. The van der Waals surface area contributed by atoms with Gasteiger partial charge in [0.2, 0.25) is 0 Å². The Bertz CT molecular complexity index is 284. The highest BCUT2D eigenvalue weighted by Crippen LogP contribution is 2.16. The van der Waals surface area contributed by atoms with Gasteiger partial charge in [-0.1, -0.05) is 0 Å². The monoisotopic (exact) mass is 182 g/mol. The fourth-order valence-electron chi connectivity index (χ4n) is 0.920. The minimum absolute atomic E-state index is 0.624. The van der Waals surface area contributed by atoms with E-state index in [0.29, 0.717) is 5.82 Å². The highest BCUT2D eigenvalue weighted by Gasteiger charge is 2.05. The summed E-state index contributed by atoms with van der Waals surface area (Å²) in [5.41, 5.74) is 6.42. The van der Waals surface area contributed by atoms with Crippen LogP contribution < -0.4 is 16.7 Å². The Kier molecular flexibility index (Phi) is 2.99. The van der Waals surface area contributed by atoms with Crippen LogP contribution in [0.1, 0.15) is 5.56 Å². The Balaban J connectivity index is 2.94. The van der Waals surface area contributed by atoms with Crippen molar-refractivity contribution in [3.8, 4) is 0 Å². The molecule has 1 aromatic rings. The van der Waals surface area contributed by atoms with Gasteiger partial charge in [-0.3, -0.25) is 0 Å². The lowest BCUT2D eigenvalue weighted by molar-refractivity contribution is 0.491. The van der Waals surface area contributed by atoms with Crippen molar-refractivity contribution in [1.29, 1.82) is 0 Å². The number of aromatic nitrogens is 2. The second-order valence-corrected chi connectivity index (χ2v) is 2.85. The van der Waals surface area contributed by atoms with Gasteiger partial charge in [0.1, 0.15) is 18.0 Å². The average molecular weight is 182 g/mol. The lowest BCUT2D eigenvalue weighted by atomic mass is 10.3. The number of nitrogens with two attached hydrogens (primary N) is 1. The van der Waals surface area contributed by atoms with Crippen molar-refractivity contribution in [2.75, 3.05) is 24.9 Å². The molecule has 0 amide bonds. The second-order valence-electron chi connectivity index (χ2n) is 2.85. The quantitative estimate of drug-likeness (QED) is 0.449. The number of anilines is 2. The van der Waals surface area contributed by atoms with Crippen molar-refractivity contribution in [1.82, 2.24) is 15.0 Å². The van der Waals surface area contributed by atoms with E-state index in [9.17, 15) is 0 Å². The third-order valence-corrected chi connectivity index (χ3v) is 1.55. The van der Waals surface area contributed by atoms with Crippen LogP contribution in [-0.4, -0.2) is 29.1 Å². The number of nitrogens with zero attached hydrogens (tertiary/aromatic N) is 3. The normalized spacial score (nSPS) is 10.2. The summed E-state index contributed by atoms with van der Waals surface area (Å²) >= 11 is 0. The van der Waals surface area contributed by atoms with Gasteiger partial charge in [0.05, 0.1) is 0 Å². The highest BCUT2D eigenvalue weighted by atomic mass is 15.5. The summed E-state index contributed by atoms with van der Waals surface area (Å²) in [6, 6.07) is 0. The van der Waals surface area contributed by atoms with Gasteiger partial charge in [-0.05, 0) is 6.92 Å². The van der Waals surface area contributed by atoms with Crippen LogP contribution in [0.4, 0.5) is 11.6 Å². The summed E-state index contributed by atoms with van der Waals surface area (Å²) in [6.45, 7) is 1.89. The van der Waals surface area contributed by atoms with E-state index in [0.717, 1.165) is 11.4 Å². The van der Waals surface area contributed by atoms with E-state index < -0.39 is 0 Å². The number of rotatable bonds is 3. The summed E-state index contributed by atoms with van der Waals surface area (Å²) < 4.78 is 0. The molecule has 0 aliphatic heterocycles. The van der Waals surface area contributed by atoms with E-state index in [1.165, 1.54) is 6.33 Å². The molecule has 0 aliphatic rings. The Labute approximate surface area is 77.1 Å². The van der Waals surface area contributed by atoms with Gasteiger partial charge in [0, 0.05) is 19.7 Å². The molecule has 0 aliphatic carbocycles. The first kappa shape index (κ1) is 9.69. The van der Waals surface area contributed by atoms with Crippen molar-refractivity contribution in [2.24, 2.45) is 5.84 Å². The van der Waals surface area contributed by atoms with E-state index in [1.807, 2.05) is 21.0 Å². The van der Waals surface area contributed by atoms with Crippen molar-refractivity contribution in [3.05, 3.63) is 11.9 Å². The zero-order valence-electron chi connectivity index (χ0n) is 8.00. The van der Waals surface area contributed by atoms with E-state index >= 15 is 0 Å². The largest absolute Gasteiger partial charge is 0.308 e. The van der Waals surface area contributed by atoms with Crippen LogP contribution in [0.2, 0.25) is 0 Å². The number of hydrazine groups is 2. The zero-order valence-corrected chi connectivity index (χ0v) is 8.00. The molecule has 6 nitrogen and oxygen atoms in total. The van der Waals surface area contributed by atoms with Crippen LogP contribution in [0.25, 0.3) is 0 Å². The van der Waals surface area contributed by atoms with Crippen molar-refractivity contribution in [3.63, 3.8) is 0 Å². The molecule has 0 aromatic carbocycles. The zero-order chi connectivity index (χ0) is 9.84. The molecule has 0 fully saturated rings. The van der Waals surface area contributed by atoms with Crippen LogP contribution >= 0.6 is 0 Å². The molecule has 1 aromatic heterocycles. The van der Waals surface area contributed by atoms with Gasteiger partial charge >= 0.3 is 0 Å². The van der Waals surface area contributed by atoms with Crippen LogP contribution in [0.5, 0.6) is 0 Å². The van der Waals surface area contributed by atoms with E-state index in [1.54, 1.807) is 5.01 Å². The van der Waals surface area contributed by atoms with E-state index in [2.05, 4.69) is 20.8 Å². The van der Waals surface area contributed by atoms with E-state index in [4.69, 9.17) is 5.84 Å². The molecule has 0 saturated carbocycles. The number of nitrogen functional groups attached to an aromatic ring is 1. The maximum Gasteiger partial charge on any atom is 0.148 e. The van der Waals surface area contributed by atoms with Crippen molar-refractivity contribution in [2.45, 2.75) is 6.92 Å². The average Bonchev–Trinajstić information content (AvgIpc) is 2.08. The van der Waals surface area contributed by atoms with Gasteiger partial charge in [0.15, 0.2) is 0 Å². The first-order valence-electron chi connectivity index (χ1n) is 3.87. The number of hydrogen-bond donors (Lipinski definition) is 3. The van der Waals surface area contributed by atoms with Gasteiger partial charge in [0.25, 0.3) is 0 Å². The van der Waals surface area contributed by atoms with Crippen LogP contribution in [0.3, 0.4) is 0 Å². The maximum atomic E-state index is 5.27. The van der Waals surface area contributed by atoms with Crippen LogP contribution in [0.15, 0.2) is 6.33 Å². The first-order chi connectivity index (χ1) is 6.15. The summed E-state index contributed by atoms with van der Waals surface area (Å²) in [7, 11) is 3.77. The molecule has 6 heteroatoms. The number of nitrogens with one attached hydrogen (secondary N) is 2. The molecule has 0 unspecified atom stereocenters. The third-order valence-electron chi connectivity index (χ3n) is 1.55. The summed E-state index contributed by atoms with van der Waals surface area (Å²) in [5.74, 6) is 6.64. The Morgan fingerprint density at radius 1 is 1.31 bits per heavy atom. The smallest absolute Gasteiger partial charge is 0.148 e. The maximum absolute atomic E-state index is 5.27. The van der Waals surface area contributed by atoms with Gasteiger partial charge < -0.3 is 10.9 Å². The minimum atomic E-state index is 0.624. The van der Waals surface area contributed by atoms with Gasteiger partial charge in [-0.2, -0.15) is 0 Å². The summed E-state index contributed by atoms with van der Waals surface area (Å²) in [6.07, 6.45) is 1.45. The Hall–Kier alpha value is -1.40. The number of hydrogen-bond acceptors (Lipinski definition) is 6. The van der Waals surface area contributed by atoms with Crippen molar-refractivity contribution >= 4 is 11.6 Å². The minimum Gasteiger partial charge on any atom is -0.308 e. The lowest BCUT2D eigenvalue weighted by Gasteiger charge is -2.15. The predicted molar refractivity (Wildman–Crippen MR) is 51.9 cm³/mol. The summed E-state index contributed by atoms with van der Waals surface area (Å²) in [5, 5.41) is 1.80. The highest BCUT2D eigenvalue weighted by molar-refractivity contribution is 5.55. The molecule has 0 bridgehead atoms. The molecule has 0 saturated heterocycles. The first-order valence-corrected chi connectivity index (χ1v) is 3.87. The fraction of sp³-hybridized carbons (Fsp3) is 0.429. The summed E-state index contributed by atoms with van der Waals surface area (Å²) in [4.78, 5) is 8.03. The molecule has 0 radical (unpaired) electrons. The fourth-order valence-corrected chi connectivity index (χ4v) is 0.920. The molecular weight excluding hydrogens is 168 g/mol. The molecule has 72 valence electrons. The molecular formula is C7H14N6. The molecule has 13 heavy (non-hydrogen) atoms. The second kappa shape index (κ2) is 4.01.